The zero-order valence-electron chi connectivity index (χ0n) is 16.2. The molecule has 1 heterocycles. The highest BCUT2D eigenvalue weighted by Gasteiger charge is 2.27. The lowest BCUT2D eigenvalue weighted by atomic mass is 9.95. The van der Waals surface area contributed by atoms with Crippen LogP contribution in [-0.2, 0) is 6.61 Å². The molecule has 1 atom stereocenters. The number of ether oxygens (including phenoxy) is 3. The second kappa shape index (κ2) is 8.24. The number of nitrogens with zero attached hydrogens (tertiary/aromatic N) is 1. The Bertz CT molecular complexity index is 1090. The summed E-state index contributed by atoms with van der Waals surface area (Å²) in [5.41, 5.74) is 2.23. The summed E-state index contributed by atoms with van der Waals surface area (Å²) in [5.74, 6) is 1.77. The molecule has 0 amide bonds. The van der Waals surface area contributed by atoms with Crippen molar-refractivity contribution in [3.8, 4) is 17.2 Å². The van der Waals surface area contributed by atoms with Gasteiger partial charge in [-0.3, -0.25) is 14.9 Å². The van der Waals surface area contributed by atoms with E-state index in [0.717, 1.165) is 11.1 Å². The largest absolute Gasteiger partial charge is 0.496 e. The predicted molar refractivity (Wildman–Crippen MR) is 109 cm³/mol. The van der Waals surface area contributed by atoms with Gasteiger partial charge in [0.05, 0.1) is 24.0 Å². The van der Waals surface area contributed by atoms with Crippen molar-refractivity contribution in [2.75, 3.05) is 7.11 Å². The normalized spacial score (nSPS) is 15.1. The van der Waals surface area contributed by atoms with Crippen molar-refractivity contribution in [2.45, 2.75) is 19.1 Å². The van der Waals surface area contributed by atoms with Gasteiger partial charge in [0.15, 0.2) is 5.78 Å². The molecule has 152 valence electrons. The van der Waals surface area contributed by atoms with Crippen LogP contribution in [0.5, 0.6) is 17.2 Å². The molecule has 0 spiro atoms. The molecule has 7 nitrogen and oxygen atoms in total. The fourth-order valence-corrected chi connectivity index (χ4v) is 3.40. The third-order valence-electron chi connectivity index (χ3n) is 4.95. The lowest BCUT2D eigenvalue weighted by molar-refractivity contribution is -0.384. The first-order chi connectivity index (χ1) is 14.5. The summed E-state index contributed by atoms with van der Waals surface area (Å²) in [7, 11) is 1.57. The number of hydrogen-bond acceptors (Lipinski definition) is 6. The second-order valence-electron chi connectivity index (χ2n) is 6.84. The predicted octanol–water partition coefficient (Wildman–Crippen LogP) is 4.89. The second-order valence-corrected chi connectivity index (χ2v) is 6.84. The van der Waals surface area contributed by atoms with E-state index in [9.17, 15) is 14.9 Å². The number of para-hydroxylation sites is 1. The van der Waals surface area contributed by atoms with Crippen LogP contribution in [0.4, 0.5) is 5.69 Å². The number of hydrogen-bond donors (Lipinski definition) is 0. The SMILES string of the molecule is COc1ccc([C@@H]2CC(=O)c3ccccc3O2)cc1COc1ccc([N+](=O)[O-])cc1. The van der Waals surface area contributed by atoms with Crippen molar-refractivity contribution in [1.82, 2.24) is 0 Å². The molecule has 0 saturated carbocycles. The molecule has 0 saturated heterocycles. The van der Waals surface area contributed by atoms with E-state index in [1.165, 1.54) is 12.1 Å². The molecule has 4 rings (SSSR count). The molecule has 0 fully saturated rings. The highest BCUT2D eigenvalue weighted by Crippen LogP contribution is 2.36. The molecule has 1 aliphatic rings. The molecular weight excluding hydrogens is 386 g/mol. The van der Waals surface area contributed by atoms with Gasteiger partial charge >= 0.3 is 0 Å². The number of benzene rings is 3. The summed E-state index contributed by atoms with van der Waals surface area (Å²) in [4.78, 5) is 22.8. The van der Waals surface area contributed by atoms with Gasteiger partial charge in [-0.25, -0.2) is 0 Å². The minimum absolute atomic E-state index is 0.00123. The van der Waals surface area contributed by atoms with Gasteiger partial charge in [0.1, 0.15) is 30.0 Å². The molecule has 3 aromatic rings. The number of ketones is 1. The number of carbonyl (C=O) groups excluding carboxylic acids is 1. The molecule has 0 N–H and O–H groups in total. The number of nitro groups is 1. The standard InChI is InChI=1S/C23H19NO6/c1-28-21-11-6-15(23-13-20(25)19-4-2-3-5-22(19)30-23)12-16(21)14-29-18-9-7-17(8-10-18)24(26)27/h2-12,23H,13-14H2,1H3/t23-/m0/s1. The summed E-state index contributed by atoms with van der Waals surface area (Å²) >= 11 is 0. The topological polar surface area (TPSA) is 87.9 Å². The molecule has 30 heavy (non-hydrogen) atoms. The van der Waals surface area contributed by atoms with Gasteiger partial charge in [-0.2, -0.15) is 0 Å². The Kier molecular flexibility index (Phi) is 5.34. The highest BCUT2D eigenvalue weighted by atomic mass is 16.6. The fraction of sp³-hybridized carbons (Fsp3) is 0.174. The third-order valence-corrected chi connectivity index (χ3v) is 4.95. The monoisotopic (exact) mass is 405 g/mol. The first kappa shape index (κ1) is 19.4. The van der Waals surface area contributed by atoms with Gasteiger partial charge in [0.25, 0.3) is 5.69 Å². The van der Waals surface area contributed by atoms with Gasteiger partial charge in [-0.15, -0.1) is 0 Å². The maximum atomic E-state index is 12.5. The third kappa shape index (κ3) is 3.96. The Hall–Kier alpha value is -3.87. The minimum atomic E-state index is -0.458. The first-order valence-electron chi connectivity index (χ1n) is 9.38. The summed E-state index contributed by atoms with van der Waals surface area (Å²) in [5, 5.41) is 10.8. The van der Waals surface area contributed by atoms with Gasteiger partial charge < -0.3 is 14.2 Å². The Morgan fingerprint density at radius 3 is 2.60 bits per heavy atom. The van der Waals surface area contributed by atoms with Gasteiger partial charge in [-0.1, -0.05) is 18.2 Å². The van der Waals surface area contributed by atoms with Crippen LogP contribution < -0.4 is 14.2 Å². The molecule has 3 aromatic carbocycles. The fourth-order valence-electron chi connectivity index (χ4n) is 3.40. The van der Waals surface area contributed by atoms with E-state index in [0.29, 0.717) is 22.8 Å². The Morgan fingerprint density at radius 2 is 1.87 bits per heavy atom. The number of methoxy groups -OCH3 is 1. The zero-order valence-corrected chi connectivity index (χ0v) is 16.2. The van der Waals surface area contributed by atoms with Crippen LogP contribution in [0.1, 0.15) is 34.0 Å². The van der Waals surface area contributed by atoms with E-state index in [1.807, 2.05) is 30.3 Å². The number of rotatable bonds is 6. The molecule has 7 heteroatoms. The summed E-state index contributed by atoms with van der Waals surface area (Å²) in [6, 6.07) is 18.7. The van der Waals surface area contributed by atoms with Crippen LogP contribution in [0.25, 0.3) is 0 Å². The molecule has 0 unspecified atom stereocenters. The van der Waals surface area contributed by atoms with Crippen molar-refractivity contribution >= 4 is 11.5 Å². The maximum absolute atomic E-state index is 12.5. The molecule has 0 bridgehead atoms. The Balaban J connectivity index is 1.54. The quantitative estimate of drug-likeness (QED) is 0.429. The molecule has 0 aromatic heterocycles. The molecule has 0 radical (unpaired) electrons. The Morgan fingerprint density at radius 1 is 1.10 bits per heavy atom. The van der Waals surface area contributed by atoms with Crippen LogP contribution in [-0.4, -0.2) is 17.8 Å². The molecule has 1 aliphatic heterocycles. The Labute approximate surface area is 173 Å². The van der Waals surface area contributed by atoms with Crippen LogP contribution in [0.3, 0.4) is 0 Å². The van der Waals surface area contributed by atoms with E-state index >= 15 is 0 Å². The number of carbonyl (C=O) groups is 1. The van der Waals surface area contributed by atoms with Crippen LogP contribution in [0, 0.1) is 10.1 Å². The number of nitro benzene ring substituents is 1. The van der Waals surface area contributed by atoms with Crippen LogP contribution in [0.15, 0.2) is 66.7 Å². The van der Waals surface area contributed by atoms with Crippen LogP contribution in [0.2, 0.25) is 0 Å². The van der Waals surface area contributed by atoms with E-state index < -0.39 is 11.0 Å². The van der Waals surface area contributed by atoms with E-state index in [-0.39, 0.29) is 24.5 Å². The van der Waals surface area contributed by atoms with E-state index in [1.54, 1.807) is 31.4 Å². The van der Waals surface area contributed by atoms with E-state index in [4.69, 9.17) is 14.2 Å². The van der Waals surface area contributed by atoms with Gasteiger partial charge in [0.2, 0.25) is 0 Å². The van der Waals surface area contributed by atoms with Crippen molar-refractivity contribution in [1.29, 1.82) is 0 Å². The smallest absolute Gasteiger partial charge is 0.269 e. The lowest BCUT2D eigenvalue weighted by Gasteiger charge is -2.26. The van der Waals surface area contributed by atoms with Gasteiger partial charge in [0, 0.05) is 17.7 Å². The highest BCUT2D eigenvalue weighted by molar-refractivity contribution is 5.99. The maximum Gasteiger partial charge on any atom is 0.269 e. The number of non-ortho nitro benzene ring substituents is 1. The zero-order chi connectivity index (χ0) is 21.1. The van der Waals surface area contributed by atoms with Gasteiger partial charge in [-0.05, 0) is 42.0 Å². The van der Waals surface area contributed by atoms with Crippen LogP contribution >= 0.6 is 0 Å². The summed E-state index contributed by atoms with van der Waals surface area (Å²) in [6.07, 6.45) is -0.136. The summed E-state index contributed by atoms with van der Waals surface area (Å²) in [6.45, 7) is 0.200. The lowest BCUT2D eigenvalue weighted by Crippen LogP contribution is -2.20. The average Bonchev–Trinajstić information content (AvgIpc) is 2.77. The number of Topliss-reactive ketones (excluding diaryl/α,β-unsaturated/α-hetero) is 1. The minimum Gasteiger partial charge on any atom is -0.496 e. The van der Waals surface area contributed by atoms with Crippen molar-refractivity contribution in [2.24, 2.45) is 0 Å². The average molecular weight is 405 g/mol. The number of fused-ring (bicyclic) bond motifs is 1. The molecular formula is C23H19NO6. The van der Waals surface area contributed by atoms with Crippen molar-refractivity contribution < 1.29 is 23.9 Å². The molecule has 0 aliphatic carbocycles. The van der Waals surface area contributed by atoms with Crippen molar-refractivity contribution in [3.05, 3.63) is 93.5 Å². The first-order valence-corrected chi connectivity index (χ1v) is 9.38. The van der Waals surface area contributed by atoms with Crippen molar-refractivity contribution in [3.63, 3.8) is 0 Å². The van der Waals surface area contributed by atoms with E-state index in [2.05, 4.69) is 0 Å². The summed E-state index contributed by atoms with van der Waals surface area (Å²) < 4.78 is 17.3.